The third-order valence-corrected chi connectivity index (χ3v) is 6.76. The number of thioether (sulfide) groups is 1. The van der Waals surface area contributed by atoms with Crippen LogP contribution >= 0.6 is 11.8 Å². The molecule has 0 aliphatic carbocycles. The lowest BCUT2D eigenvalue weighted by molar-refractivity contribution is 0.0936. The maximum atomic E-state index is 13.2. The number of hydrogen-bond donors (Lipinski definition) is 1. The summed E-state index contributed by atoms with van der Waals surface area (Å²) in [5.74, 6) is 0.581. The summed E-state index contributed by atoms with van der Waals surface area (Å²) in [5, 5.41) is 3.88. The second kappa shape index (κ2) is 10.6. The smallest absolute Gasteiger partial charge is 0.257 e. The van der Waals surface area contributed by atoms with E-state index in [1.54, 1.807) is 0 Å². The van der Waals surface area contributed by atoms with Crippen molar-refractivity contribution in [2.45, 2.75) is 30.4 Å². The van der Waals surface area contributed by atoms with Crippen LogP contribution in [0.2, 0.25) is 0 Å². The Kier molecular flexibility index (Phi) is 6.96. The first-order valence-corrected chi connectivity index (χ1v) is 12.6. The molecule has 1 atom stereocenters. The minimum Gasteiger partial charge on any atom is -0.431 e. The Morgan fingerprint density at radius 2 is 1.63 bits per heavy atom. The second-order valence-corrected chi connectivity index (χ2v) is 9.49. The van der Waals surface area contributed by atoms with Crippen LogP contribution in [0.1, 0.15) is 38.7 Å². The van der Waals surface area contributed by atoms with Crippen LogP contribution in [0.5, 0.6) is 0 Å². The highest BCUT2D eigenvalue weighted by Crippen LogP contribution is 2.27. The maximum Gasteiger partial charge on any atom is 0.257 e. The van der Waals surface area contributed by atoms with Gasteiger partial charge in [-0.1, -0.05) is 90.6 Å². The van der Waals surface area contributed by atoms with Crippen molar-refractivity contribution in [2.24, 2.45) is 0 Å². The summed E-state index contributed by atoms with van der Waals surface area (Å²) < 4.78 is 5.85. The van der Waals surface area contributed by atoms with Crippen LogP contribution in [0.25, 0.3) is 11.1 Å². The van der Waals surface area contributed by atoms with E-state index in [2.05, 4.69) is 34.6 Å². The average molecular weight is 479 g/mol. The molecule has 174 valence electrons. The number of aryl methyl sites for hydroxylation is 1. The molecule has 35 heavy (non-hydrogen) atoms. The van der Waals surface area contributed by atoms with Crippen molar-refractivity contribution in [1.29, 1.82) is 0 Å². The molecular formula is C30H26N2O2S. The standard InChI is InChI=1S/C30H26N2O2S/c1-21-15-16-28-27(17-21)32-30(34-28)35-20-23-11-8-14-25(18-23)29(33)31-26(24-12-6-3-7-13-24)19-22-9-4-2-5-10-22/h2-18,26H,19-20H2,1H3,(H,31,33). The summed E-state index contributed by atoms with van der Waals surface area (Å²) in [6.07, 6.45) is 0.726. The molecule has 5 heteroatoms. The zero-order valence-corrected chi connectivity index (χ0v) is 20.3. The number of oxazole rings is 1. The zero-order chi connectivity index (χ0) is 24.0. The molecule has 5 rings (SSSR count). The van der Waals surface area contributed by atoms with Crippen LogP contribution in [-0.4, -0.2) is 10.9 Å². The highest BCUT2D eigenvalue weighted by molar-refractivity contribution is 7.98. The highest BCUT2D eigenvalue weighted by atomic mass is 32.2. The molecule has 0 aliphatic rings. The molecule has 4 nitrogen and oxygen atoms in total. The Labute approximate surface area is 209 Å². The van der Waals surface area contributed by atoms with E-state index in [1.807, 2.05) is 85.8 Å². The lowest BCUT2D eigenvalue weighted by Crippen LogP contribution is -2.30. The number of amides is 1. The van der Waals surface area contributed by atoms with E-state index in [9.17, 15) is 4.79 Å². The molecule has 0 saturated carbocycles. The van der Waals surface area contributed by atoms with E-state index in [0.29, 0.717) is 16.5 Å². The third-order valence-electron chi connectivity index (χ3n) is 5.86. The minimum absolute atomic E-state index is 0.0843. The zero-order valence-electron chi connectivity index (χ0n) is 19.5. The van der Waals surface area contributed by atoms with Crippen LogP contribution in [0.15, 0.2) is 113 Å². The van der Waals surface area contributed by atoms with Gasteiger partial charge in [0.05, 0.1) is 6.04 Å². The number of fused-ring (bicyclic) bond motifs is 1. The summed E-state index contributed by atoms with van der Waals surface area (Å²) >= 11 is 1.53. The molecule has 1 unspecified atom stereocenters. The van der Waals surface area contributed by atoms with Crippen molar-refractivity contribution in [2.75, 3.05) is 0 Å². The van der Waals surface area contributed by atoms with Gasteiger partial charge >= 0.3 is 0 Å². The van der Waals surface area contributed by atoms with E-state index in [0.717, 1.165) is 34.2 Å². The summed E-state index contributed by atoms with van der Waals surface area (Å²) in [6.45, 7) is 2.04. The summed E-state index contributed by atoms with van der Waals surface area (Å²) in [7, 11) is 0. The van der Waals surface area contributed by atoms with Crippen molar-refractivity contribution < 1.29 is 9.21 Å². The molecule has 0 aliphatic heterocycles. The molecule has 1 amide bonds. The normalized spacial score (nSPS) is 11.9. The average Bonchev–Trinajstić information content (AvgIpc) is 3.30. The summed E-state index contributed by atoms with van der Waals surface area (Å²) in [6, 6.07) is 34.0. The van der Waals surface area contributed by atoms with E-state index in [4.69, 9.17) is 4.42 Å². The van der Waals surface area contributed by atoms with E-state index in [1.165, 1.54) is 17.3 Å². The molecule has 0 radical (unpaired) electrons. The summed E-state index contributed by atoms with van der Waals surface area (Å²) in [4.78, 5) is 17.8. The molecule has 0 bridgehead atoms. The number of hydrogen-bond acceptors (Lipinski definition) is 4. The van der Waals surface area contributed by atoms with Gasteiger partial charge in [0.2, 0.25) is 0 Å². The molecule has 5 aromatic rings. The maximum absolute atomic E-state index is 13.2. The summed E-state index contributed by atoms with van der Waals surface area (Å²) in [5.41, 5.74) is 6.76. The first-order chi connectivity index (χ1) is 17.1. The van der Waals surface area contributed by atoms with E-state index >= 15 is 0 Å². The molecule has 1 N–H and O–H groups in total. The second-order valence-electron chi connectivity index (χ2n) is 8.57. The predicted molar refractivity (Wildman–Crippen MR) is 142 cm³/mol. The molecule has 1 aromatic heterocycles. The van der Waals surface area contributed by atoms with Gasteiger partial charge in [-0.25, -0.2) is 4.98 Å². The first kappa shape index (κ1) is 22.9. The fourth-order valence-electron chi connectivity index (χ4n) is 4.05. The van der Waals surface area contributed by atoms with Gasteiger partial charge in [0.1, 0.15) is 5.52 Å². The van der Waals surface area contributed by atoms with E-state index < -0.39 is 0 Å². The lowest BCUT2D eigenvalue weighted by atomic mass is 9.98. The monoisotopic (exact) mass is 478 g/mol. The van der Waals surface area contributed by atoms with Crippen molar-refractivity contribution in [3.05, 3.63) is 131 Å². The van der Waals surface area contributed by atoms with Crippen molar-refractivity contribution in [3.8, 4) is 0 Å². The van der Waals surface area contributed by atoms with Gasteiger partial charge in [-0.15, -0.1) is 0 Å². The van der Waals surface area contributed by atoms with Crippen LogP contribution in [0.4, 0.5) is 0 Å². The number of nitrogens with one attached hydrogen (secondary N) is 1. The Morgan fingerprint density at radius 1 is 0.886 bits per heavy atom. The molecule has 0 saturated heterocycles. The number of benzene rings is 4. The number of carbonyl (C=O) groups is 1. The molecule has 0 spiro atoms. The van der Waals surface area contributed by atoms with Gasteiger partial charge in [-0.3, -0.25) is 4.79 Å². The van der Waals surface area contributed by atoms with Gasteiger partial charge in [-0.2, -0.15) is 0 Å². The van der Waals surface area contributed by atoms with Crippen molar-refractivity contribution >= 4 is 28.8 Å². The fourth-order valence-corrected chi connectivity index (χ4v) is 4.84. The molecular weight excluding hydrogens is 452 g/mol. The Morgan fingerprint density at radius 3 is 2.43 bits per heavy atom. The highest BCUT2D eigenvalue weighted by Gasteiger charge is 2.17. The third kappa shape index (κ3) is 5.81. The fraction of sp³-hybridized carbons (Fsp3) is 0.133. The topological polar surface area (TPSA) is 55.1 Å². The molecule has 4 aromatic carbocycles. The largest absolute Gasteiger partial charge is 0.431 e. The number of nitrogens with zero attached hydrogens (tertiary/aromatic N) is 1. The number of rotatable bonds is 8. The van der Waals surface area contributed by atoms with Crippen LogP contribution < -0.4 is 5.32 Å². The molecule has 1 heterocycles. The Hall–Kier alpha value is -3.83. The number of aromatic nitrogens is 1. The van der Waals surface area contributed by atoms with Gasteiger partial charge in [0.15, 0.2) is 5.58 Å². The van der Waals surface area contributed by atoms with Crippen LogP contribution in [0.3, 0.4) is 0 Å². The molecule has 0 fully saturated rings. The van der Waals surface area contributed by atoms with Crippen molar-refractivity contribution in [3.63, 3.8) is 0 Å². The number of carbonyl (C=O) groups excluding carboxylic acids is 1. The Bertz CT molecular complexity index is 1430. The van der Waals surface area contributed by atoms with Crippen molar-refractivity contribution in [1.82, 2.24) is 10.3 Å². The van der Waals surface area contributed by atoms with Crippen LogP contribution in [0, 0.1) is 6.92 Å². The van der Waals surface area contributed by atoms with Crippen LogP contribution in [-0.2, 0) is 12.2 Å². The predicted octanol–water partition coefficient (Wildman–Crippen LogP) is 7.14. The first-order valence-electron chi connectivity index (χ1n) is 11.6. The minimum atomic E-state index is -0.118. The quantitative estimate of drug-likeness (QED) is 0.241. The van der Waals surface area contributed by atoms with E-state index in [-0.39, 0.29) is 11.9 Å². The Balaban J connectivity index is 1.29. The SMILES string of the molecule is Cc1ccc2oc(SCc3cccc(C(=O)NC(Cc4ccccc4)c4ccccc4)c3)nc2c1. The lowest BCUT2D eigenvalue weighted by Gasteiger charge is -2.20. The van der Waals surface area contributed by atoms with Gasteiger partial charge < -0.3 is 9.73 Å². The van der Waals surface area contributed by atoms with Gasteiger partial charge in [0, 0.05) is 11.3 Å². The van der Waals surface area contributed by atoms with Gasteiger partial charge in [-0.05, 0) is 59.9 Å². The van der Waals surface area contributed by atoms with Gasteiger partial charge in [0.25, 0.3) is 11.1 Å².